The molecule has 0 bridgehead atoms. The minimum absolute atomic E-state index is 0.00982. The first-order chi connectivity index (χ1) is 20.6. The average Bonchev–Trinajstić information content (AvgIpc) is 3.30. The van der Waals surface area contributed by atoms with Gasteiger partial charge in [-0.25, -0.2) is 14.0 Å². The number of imide groups is 1. The summed E-state index contributed by atoms with van der Waals surface area (Å²) in [6.07, 6.45) is 1.38. The maximum atomic E-state index is 15.4. The van der Waals surface area contributed by atoms with Crippen molar-refractivity contribution < 1.29 is 42.7 Å². The molecular formula is C31H25FN2O9. The van der Waals surface area contributed by atoms with Crippen molar-refractivity contribution in [2.24, 2.45) is 0 Å². The molecule has 0 spiro atoms. The van der Waals surface area contributed by atoms with E-state index in [1.165, 1.54) is 18.2 Å². The van der Waals surface area contributed by atoms with Crippen LogP contribution in [0.15, 0.2) is 63.8 Å². The van der Waals surface area contributed by atoms with Gasteiger partial charge in [0.25, 0.3) is 17.7 Å². The molecule has 1 saturated heterocycles. The molecular weight excluding hydrogens is 563 g/mol. The largest absolute Gasteiger partial charge is 0.478 e. The number of benzene rings is 3. The van der Waals surface area contributed by atoms with Crippen LogP contribution < -0.4 is 10.7 Å². The minimum Gasteiger partial charge on any atom is -0.478 e. The number of halogens is 1. The number of para-hydroxylation sites is 1. The maximum Gasteiger partial charge on any atom is 0.336 e. The lowest BCUT2D eigenvalue weighted by Gasteiger charge is -2.16. The molecule has 2 aliphatic heterocycles. The van der Waals surface area contributed by atoms with E-state index in [4.69, 9.17) is 9.25 Å². The van der Waals surface area contributed by atoms with Crippen LogP contribution in [-0.4, -0.2) is 46.4 Å². The van der Waals surface area contributed by atoms with E-state index in [1.54, 1.807) is 30.3 Å². The number of carbonyl (C=O) groups is 5. The summed E-state index contributed by atoms with van der Waals surface area (Å²) >= 11 is 0. The zero-order chi connectivity index (χ0) is 30.7. The highest BCUT2D eigenvalue weighted by atomic mass is 19.1. The molecule has 0 saturated carbocycles. The summed E-state index contributed by atoms with van der Waals surface area (Å²) in [5.74, 6) is -4.85. The lowest BCUT2D eigenvalue weighted by atomic mass is 9.90. The Morgan fingerprint density at radius 2 is 1.67 bits per heavy atom. The highest BCUT2D eigenvalue weighted by molar-refractivity contribution is 6.04. The molecule has 2 N–H and O–H groups in total. The van der Waals surface area contributed by atoms with E-state index in [0.717, 1.165) is 6.07 Å². The van der Waals surface area contributed by atoms with Gasteiger partial charge in [-0.15, -0.1) is 5.06 Å². The monoisotopic (exact) mass is 588 g/mol. The van der Waals surface area contributed by atoms with Crippen LogP contribution in [0.25, 0.3) is 33.4 Å². The number of nitrogens with one attached hydrogen (secondary N) is 1. The molecule has 1 fully saturated rings. The molecule has 3 amide bonds. The first-order valence-electron chi connectivity index (χ1n) is 13.5. The third-order valence-corrected chi connectivity index (χ3v) is 7.00. The van der Waals surface area contributed by atoms with Gasteiger partial charge in [-0.05, 0) is 43.2 Å². The van der Waals surface area contributed by atoms with Gasteiger partial charge < -0.3 is 19.7 Å². The van der Waals surface area contributed by atoms with Gasteiger partial charge in [0.05, 0.1) is 5.56 Å². The Morgan fingerprint density at radius 1 is 0.930 bits per heavy atom. The summed E-state index contributed by atoms with van der Waals surface area (Å²) in [4.78, 5) is 77.3. The standard InChI is InChI=1S/C31H25FN2O9/c32-29-22(35)16-24-21(14-17-6-3-4-7-23(17)42-24)28(29)20-15-18(9-10-19(20)31(40)41)30(39)33-13-5-1-2-8-27(38)43-34-25(36)11-12-26(34)37/h3-4,6-7,9-10,14-16H,1-2,5,8,11-13H2,(H,33,39)(H,40,41). The number of carboxylic acid groups (broad SMARTS) is 1. The second-order valence-corrected chi connectivity index (χ2v) is 9.94. The average molecular weight is 589 g/mol. The number of nitrogens with zero attached hydrogens (tertiary/aromatic N) is 1. The number of hydrogen-bond acceptors (Lipinski definition) is 8. The maximum absolute atomic E-state index is 15.4. The van der Waals surface area contributed by atoms with E-state index in [1.807, 2.05) is 0 Å². The molecule has 43 heavy (non-hydrogen) atoms. The van der Waals surface area contributed by atoms with Crippen molar-refractivity contribution in [1.29, 1.82) is 0 Å². The predicted octanol–water partition coefficient (Wildman–Crippen LogP) is 4.30. The third-order valence-electron chi connectivity index (χ3n) is 7.00. The Bertz CT molecular complexity index is 1800. The highest BCUT2D eigenvalue weighted by Gasteiger charge is 2.32. The fourth-order valence-corrected chi connectivity index (χ4v) is 4.84. The van der Waals surface area contributed by atoms with Crippen LogP contribution >= 0.6 is 0 Å². The van der Waals surface area contributed by atoms with Crippen LogP contribution in [0.4, 0.5) is 4.39 Å². The number of carbonyl (C=O) groups excluding carboxylic acids is 4. The molecule has 220 valence electrons. The number of carboxylic acids is 1. The van der Waals surface area contributed by atoms with Crippen molar-refractivity contribution in [1.82, 2.24) is 10.4 Å². The Kier molecular flexibility index (Phi) is 8.28. The van der Waals surface area contributed by atoms with Crippen molar-refractivity contribution in [3.63, 3.8) is 0 Å². The number of fused-ring (bicyclic) bond motifs is 2. The minimum atomic E-state index is -1.37. The van der Waals surface area contributed by atoms with Crippen molar-refractivity contribution >= 4 is 40.6 Å². The topological polar surface area (TPSA) is 160 Å². The Hall–Kier alpha value is -5.39. The van der Waals surface area contributed by atoms with Crippen LogP contribution in [0, 0.1) is 5.82 Å². The van der Waals surface area contributed by atoms with Crippen LogP contribution in [-0.2, 0) is 19.2 Å². The molecule has 11 nitrogen and oxygen atoms in total. The van der Waals surface area contributed by atoms with Crippen molar-refractivity contribution in [2.75, 3.05) is 6.54 Å². The van der Waals surface area contributed by atoms with E-state index < -0.39 is 40.9 Å². The van der Waals surface area contributed by atoms with Gasteiger partial charge in [0.1, 0.15) is 11.3 Å². The van der Waals surface area contributed by atoms with E-state index in [9.17, 15) is 33.9 Å². The number of amides is 3. The molecule has 0 atom stereocenters. The Labute approximate surface area is 243 Å². The second-order valence-electron chi connectivity index (χ2n) is 9.94. The van der Waals surface area contributed by atoms with Gasteiger partial charge in [0, 0.05) is 59.5 Å². The molecule has 3 aliphatic rings. The summed E-state index contributed by atoms with van der Waals surface area (Å²) in [5, 5.41) is 13.6. The normalized spacial score (nSPS) is 13.1. The Morgan fingerprint density at radius 3 is 2.42 bits per heavy atom. The lowest BCUT2D eigenvalue weighted by Crippen LogP contribution is -2.31. The van der Waals surface area contributed by atoms with Crippen molar-refractivity contribution in [3.05, 3.63) is 81.8 Å². The van der Waals surface area contributed by atoms with E-state index in [2.05, 4.69) is 5.32 Å². The molecule has 2 heterocycles. The first-order valence-corrected chi connectivity index (χ1v) is 13.5. The second kappa shape index (κ2) is 12.2. The van der Waals surface area contributed by atoms with Gasteiger partial charge in [0.2, 0.25) is 5.43 Å². The van der Waals surface area contributed by atoms with Crippen molar-refractivity contribution in [3.8, 4) is 22.5 Å². The van der Waals surface area contributed by atoms with E-state index in [0.29, 0.717) is 35.3 Å². The van der Waals surface area contributed by atoms with Gasteiger partial charge in [-0.1, -0.05) is 24.6 Å². The predicted molar refractivity (Wildman–Crippen MR) is 149 cm³/mol. The van der Waals surface area contributed by atoms with Gasteiger partial charge >= 0.3 is 11.9 Å². The molecule has 0 radical (unpaired) electrons. The quantitative estimate of drug-likeness (QED) is 0.156. The van der Waals surface area contributed by atoms with Gasteiger partial charge in [-0.2, -0.15) is 0 Å². The van der Waals surface area contributed by atoms with Crippen molar-refractivity contribution in [2.45, 2.75) is 38.5 Å². The summed E-state index contributed by atoms with van der Waals surface area (Å²) in [6, 6.07) is 13.2. The van der Waals surface area contributed by atoms with Crippen LogP contribution in [0.2, 0.25) is 0 Å². The number of rotatable bonds is 10. The number of hydroxylamine groups is 2. The smallest absolute Gasteiger partial charge is 0.336 e. The van der Waals surface area contributed by atoms with E-state index >= 15 is 4.39 Å². The molecule has 0 unspecified atom stereocenters. The zero-order valence-electron chi connectivity index (χ0n) is 22.7. The summed E-state index contributed by atoms with van der Waals surface area (Å²) in [5.41, 5.74) is -1.06. The van der Waals surface area contributed by atoms with Gasteiger partial charge in [-0.3, -0.25) is 19.2 Å². The highest BCUT2D eigenvalue weighted by Crippen LogP contribution is 2.39. The molecule has 0 aromatic heterocycles. The van der Waals surface area contributed by atoms with Crippen LogP contribution in [0.5, 0.6) is 0 Å². The fraction of sp³-hybridized carbons (Fsp3) is 0.226. The molecule has 2 aromatic rings. The van der Waals surface area contributed by atoms with Crippen LogP contribution in [0.1, 0.15) is 59.2 Å². The fourth-order valence-electron chi connectivity index (χ4n) is 4.84. The van der Waals surface area contributed by atoms with Gasteiger partial charge in [0.15, 0.2) is 5.82 Å². The lowest BCUT2D eigenvalue weighted by molar-refractivity contribution is -0.197. The van der Waals surface area contributed by atoms with E-state index in [-0.39, 0.29) is 59.4 Å². The SMILES string of the molecule is O=C(CCCCCNC(=O)c1ccc(C(=O)O)c(-c2c3cc4ccccc4oc-3cc(=O)c2F)c1)ON1C(=O)CCC1=O. The molecule has 5 rings (SSSR count). The molecule has 2 aromatic carbocycles. The molecule has 1 aliphatic carbocycles. The number of aromatic carboxylic acids is 1. The third kappa shape index (κ3) is 6.13. The summed E-state index contributed by atoms with van der Waals surface area (Å²) < 4.78 is 21.2. The van der Waals surface area contributed by atoms with Crippen LogP contribution in [0.3, 0.4) is 0 Å². The first kappa shape index (κ1) is 29.1. The summed E-state index contributed by atoms with van der Waals surface area (Å²) in [7, 11) is 0. The summed E-state index contributed by atoms with van der Waals surface area (Å²) in [6.45, 7) is 0.213. The number of hydrogen-bond donors (Lipinski definition) is 2. The number of unbranched alkanes of at least 4 members (excludes halogenated alkanes) is 2. The molecule has 12 heteroatoms. The Balaban J connectivity index is 1.29. The zero-order valence-corrected chi connectivity index (χ0v) is 22.7.